The topological polar surface area (TPSA) is 34.2 Å². The summed E-state index contributed by atoms with van der Waals surface area (Å²) in [5, 5.41) is 3.47. The molecule has 1 N–H and O–H groups in total. The van der Waals surface area contributed by atoms with Crippen molar-refractivity contribution in [2.24, 2.45) is 0 Å². The summed E-state index contributed by atoms with van der Waals surface area (Å²) < 4.78 is 6.15. The normalized spacial score (nSPS) is 16.1. The fourth-order valence-corrected chi connectivity index (χ4v) is 2.93. The lowest BCUT2D eigenvalue weighted by molar-refractivity contribution is 0.148. The maximum atomic E-state index is 6.15. The molecule has 1 aromatic heterocycles. The van der Waals surface area contributed by atoms with Gasteiger partial charge in [0, 0.05) is 18.3 Å². The number of nitrogens with one attached hydrogen (secondary N) is 1. The molecule has 1 heterocycles. The number of hydrogen-bond acceptors (Lipinski definition) is 3. The molecule has 0 spiro atoms. The fourth-order valence-electron chi connectivity index (χ4n) is 2.93. The molecule has 21 heavy (non-hydrogen) atoms. The van der Waals surface area contributed by atoms with Crippen LogP contribution in [-0.4, -0.2) is 17.6 Å². The predicted octanol–water partition coefficient (Wildman–Crippen LogP) is 4.25. The van der Waals surface area contributed by atoms with Crippen LogP contribution in [-0.2, 0) is 13.0 Å². The van der Waals surface area contributed by atoms with Crippen molar-refractivity contribution in [3.05, 3.63) is 23.4 Å². The van der Waals surface area contributed by atoms with Crippen molar-refractivity contribution in [1.82, 2.24) is 10.3 Å². The Morgan fingerprint density at radius 3 is 2.67 bits per heavy atom. The average molecular weight is 290 g/mol. The molecule has 0 bridgehead atoms. The van der Waals surface area contributed by atoms with E-state index < -0.39 is 0 Å². The molecule has 3 heteroatoms. The van der Waals surface area contributed by atoms with Crippen molar-refractivity contribution in [1.29, 1.82) is 0 Å². The van der Waals surface area contributed by atoms with Crippen LogP contribution in [0.2, 0.25) is 0 Å². The molecule has 1 aliphatic carbocycles. The Labute approximate surface area is 129 Å². The summed E-state index contributed by atoms with van der Waals surface area (Å²) in [5.74, 6) is 0.834. The Balaban J connectivity index is 2.02. The van der Waals surface area contributed by atoms with E-state index in [0.717, 1.165) is 31.8 Å². The number of ether oxygens (including phenoxy) is 1. The number of aromatic nitrogens is 1. The molecule has 1 saturated carbocycles. The van der Waals surface area contributed by atoms with Gasteiger partial charge in [-0.05, 0) is 56.7 Å². The number of aryl methyl sites for hydroxylation is 1. The van der Waals surface area contributed by atoms with Crippen molar-refractivity contribution in [2.45, 2.75) is 77.9 Å². The molecule has 0 aromatic carbocycles. The quantitative estimate of drug-likeness (QED) is 0.727. The lowest BCUT2D eigenvalue weighted by atomic mass is 9.98. The van der Waals surface area contributed by atoms with Crippen LogP contribution in [0.15, 0.2) is 12.1 Å². The van der Waals surface area contributed by atoms with Gasteiger partial charge >= 0.3 is 0 Å². The summed E-state index contributed by atoms with van der Waals surface area (Å²) in [6.45, 7) is 6.36. The zero-order chi connectivity index (χ0) is 14.9. The van der Waals surface area contributed by atoms with E-state index in [-0.39, 0.29) is 0 Å². The molecule has 118 valence electrons. The standard InChI is InChI=1S/C18H30N2O/c1-3-8-16-12-15(14-19-11-4-2)13-18(20-16)21-17-9-6-5-7-10-17/h12-13,17,19H,3-11,14H2,1-2H3. The van der Waals surface area contributed by atoms with E-state index in [1.54, 1.807) is 0 Å². The Bertz CT molecular complexity index is 414. The highest BCUT2D eigenvalue weighted by Crippen LogP contribution is 2.23. The summed E-state index contributed by atoms with van der Waals surface area (Å²) in [6, 6.07) is 4.34. The highest BCUT2D eigenvalue weighted by atomic mass is 16.5. The van der Waals surface area contributed by atoms with Crippen molar-refractivity contribution in [3.63, 3.8) is 0 Å². The van der Waals surface area contributed by atoms with Crippen molar-refractivity contribution < 1.29 is 4.74 Å². The molecule has 1 aliphatic rings. The first-order valence-electron chi connectivity index (χ1n) is 8.69. The van der Waals surface area contributed by atoms with Gasteiger partial charge in [-0.3, -0.25) is 0 Å². The minimum Gasteiger partial charge on any atom is -0.474 e. The third-order valence-corrected chi connectivity index (χ3v) is 4.02. The first-order chi connectivity index (χ1) is 10.3. The van der Waals surface area contributed by atoms with Gasteiger partial charge in [0.1, 0.15) is 6.10 Å². The highest BCUT2D eigenvalue weighted by molar-refractivity contribution is 5.25. The van der Waals surface area contributed by atoms with Crippen molar-refractivity contribution >= 4 is 0 Å². The lowest BCUT2D eigenvalue weighted by Crippen LogP contribution is -2.21. The van der Waals surface area contributed by atoms with Crippen LogP contribution in [0.25, 0.3) is 0 Å². The maximum Gasteiger partial charge on any atom is 0.214 e. The number of rotatable bonds is 8. The van der Waals surface area contributed by atoms with Crippen LogP contribution in [0.5, 0.6) is 5.88 Å². The second kappa shape index (κ2) is 9.04. The second-order valence-electron chi connectivity index (χ2n) is 6.11. The van der Waals surface area contributed by atoms with E-state index in [4.69, 9.17) is 9.72 Å². The smallest absolute Gasteiger partial charge is 0.214 e. The van der Waals surface area contributed by atoms with Gasteiger partial charge in [-0.15, -0.1) is 0 Å². The summed E-state index contributed by atoms with van der Waals surface area (Å²) >= 11 is 0. The van der Waals surface area contributed by atoms with E-state index in [9.17, 15) is 0 Å². The Morgan fingerprint density at radius 2 is 1.95 bits per heavy atom. The van der Waals surface area contributed by atoms with Crippen LogP contribution in [0.3, 0.4) is 0 Å². The largest absolute Gasteiger partial charge is 0.474 e. The van der Waals surface area contributed by atoms with E-state index in [2.05, 4.69) is 31.3 Å². The Morgan fingerprint density at radius 1 is 1.14 bits per heavy atom. The fraction of sp³-hybridized carbons (Fsp3) is 0.722. The van der Waals surface area contributed by atoms with Gasteiger partial charge in [0.05, 0.1) is 0 Å². The van der Waals surface area contributed by atoms with E-state index in [1.165, 1.54) is 49.8 Å². The van der Waals surface area contributed by atoms with Gasteiger partial charge in [-0.2, -0.15) is 0 Å². The van der Waals surface area contributed by atoms with Crippen LogP contribution < -0.4 is 10.1 Å². The minimum absolute atomic E-state index is 0.375. The third kappa shape index (κ3) is 5.66. The first kappa shape index (κ1) is 16.3. The monoisotopic (exact) mass is 290 g/mol. The minimum atomic E-state index is 0.375. The van der Waals surface area contributed by atoms with E-state index >= 15 is 0 Å². The Kier molecular flexibility index (Phi) is 7.01. The van der Waals surface area contributed by atoms with Crippen LogP contribution in [0.4, 0.5) is 0 Å². The third-order valence-electron chi connectivity index (χ3n) is 4.02. The molecule has 0 aliphatic heterocycles. The zero-order valence-corrected chi connectivity index (χ0v) is 13.7. The van der Waals surface area contributed by atoms with Gasteiger partial charge in [-0.25, -0.2) is 4.98 Å². The van der Waals surface area contributed by atoms with Gasteiger partial charge in [0.2, 0.25) is 5.88 Å². The highest BCUT2D eigenvalue weighted by Gasteiger charge is 2.16. The van der Waals surface area contributed by atoms with Crippen LogP contribution in [0.1, 0.15) is 70.1 Å². The molecule has 0 amide bonds. The van der Waals surface area contributed by atoms with Crippen LogP contribution in [0, 0.1) is 0 Å². The lowest BCUT2D eigenvalue weighted by Gasteiger charge is -2.23. The van der Waals surface area contributed by atoms with Gasteiger partial charge in [0.15, 0.2) is 0 Å². The molecule has 0 radical (unpaired) electrons. The van der Waals surface area contributed by atoms with Crippen LogP contribution >= 0.6 is 0 Å². The molecular formula is C18H30N2O. The van der Waals surface area contributed by atoms with Gasteiger partial charge in [0.25, 0.3) is 0 Å². The number of nitrogens with zero attached hydrogens (tertiary/aromatic N) is 1. The zero-order valence-electron chi connectivity index (χ0n) is 13.7. The summed E-state index contributed by atoms with van der Waals surface area (Å²) in [6.07, 6.45) is 10.0. The number of hydrogen-bond donors (Lipinski definition) is 1. The first-order valence-corrected chi connectivity index (χ1v) is 8.69. The van der Waals surface area contributed by atoms with Crippen molar-refractivity contribution in [3.8, 4) is 5.88 Å². The molecule has 1 aromatic rings. The van der Waals surface area contributed by atoms with Crippen molar-refractivity contribution in [2.75, 3.05) is 6.54 Å². The predicted molar refractivity (Wildman–Crippen MR) is 87.7 cm³/mol. The van der Waals surface area contributed by atoms with Gasteiger partial charge < -0.3 is 10.1 Å². The molecule has 3 nitrogen and oxygen atoms in total. The SMILES string of the molecule is CCCNCc1cc(CCC)nc(OC2CCCCC2)c1. The summed E-state index contributed by atoms with van der Waals surface area (Å²) in [4.78, 5) is 4.70. The average Bonchev–Trinajstić information content (AvgIpc) is 2.49. The molecule has 0 atom stereocenters. The molecule has 0 unspecified atom stereocenters. The molecule has 2 rings (SSSR count). The van der Waals surface area contributed by atoms with Gasteiger partial charge in [-0.1, -0.05) is 26.7 Å². The second-order valence-corrected chi connectivity index (χ2v) is 6.11. The molecule has 1 fully saturated rings. The molecular weight excluding hydrogens is 260 g/mol. The maximum absolute atomic E-state index is 6.15. The number of pyridine rings is 1. The van der Waals surface area contributed by atoms with E-state index in [0.29, 0.717) is 6.10 Å². The molecule has 0 saturated heterocycles. The Hall–Kier alpha value is -1.09. The summed E-state index contributed by atoms with van der Waals surface area (Å²) in [5.41, 5.74) is 2.46. The van der Waals surface area contributed by atoms with E-state index in [1.807, 2.05) is 0 Å². The summed E-state index contributed by atoms with van der Waals surface area (Å²) in [7, 11) is 0.